The molecule has 0 aliphatic carbocycles. The van der Waals surface area contributed by atoms with Crippen LogP contribution in [-0.4, -0.2) is 35.1 Å². The van der Waals surface area contributed by atoms with Crippen LogP contribution in [0.3, 0.4) is 0 Å². The van der Waals surface area contributed by atoms with Crippen LogP contribution < -0.4 is 10.5 Å². The van der Waals surface area contributed by atoms with Crippen molar-refractivity contribution in [3.63, 3.8) is 0 Å². The molecule has 2 unspecified atom stereocenters. The summed E-state index contributed by atoms with van der Waals surface area (Å²) >= 11 is 4.98. The number of ether oxygens (including phenoxy) is 1. The quantitative estimate of drug-likeness (QED) is 0.818. The molecule has 4 heteroatoms. The van der Waals surface area contributed by atoms with Crippen LogP contribution in [0.25, 0.3) is 0 Å². The van der Waals surface area contributed by atoms with E-state index in [0.29, 0.717) is 17.6 Å². The minimum absolute atomic E-state index is 0.412. The number of rotatable bonds is 6. The van der Waals surface area contributed by atoms with Crippen LogP contribution in [0.1, 0.15) is 38.7 Å². The van der Waals surface area contributed by atoms with E-state index in [4.69, 9.17) is 22.7 Å². The van der Waals surface area contributed by atoms with Gasteiger partial charge in [-0.2, -0.15) is 0 Å². The second kappa shape index (κ2) is 7.04. The van der Waals surface area contributed by atoms with Crippen LogP contribution in [0.15, 0.2) is 24.3 Å². The molecule has 2 atom stereocenters. The van der Waals surface area contributed by atoms with Crippen molar-refractivity contribution in [2.75, 3.05) is 13.2 Å². The molecular formula is C16H24N2OS. The number of likely N-dealkylation sites (tertiary alicyclic amines) is 1. The Morgan fingerprint density at radius 3 is 2.95 bits per heavy atom. The zero-order valence-electron chi connectivity index (χ0n) is 12.3. The average Bonchev–Trinajstić information content (AvgIpc) is 2.80. The zero-order chi connectivity index (χ0) is 14.5. The monoisotopic (exact) mass is 292 g/mol. The average molecular weight is 292 g/mol. The topological polar surface area (TPSA) is 38.5 Å². The van der Waals surface area contributed by atoms with Gasteiger partial charge < -0.3 is 10.5 Å². The first kappa shape index (κ1) is 15.3. The summed E-state index contributed by atoms with van der Waals surface area (Å²) in [5.41, 5.74) is 6.49. The van der Waals surface area contributed by atoms with Gasteiger partial charge >= 0.3 is 0 Å². The van der Waals surface area contributed by atoms with Crippen molar-refractivity contribution in [3.8, 4) is 5.75 Å². The van der Waals surface area contributed by atoms with Crippen molar-refractivity contribution in [2.45, 2.75) is 45.2 Å². The lowest BCUT2D eigenvalue weighted by atomic mass is 10.1. The van der Waals surface area contributed by atoms with Crippen molar-refractivity contribution in [1.29, 1.82) is 0 Å². The highest BCUT2D eigenvalue weighted by Crippen LogP contribution is 2.25. The second-order valence-electron chi connectivity index (χ2n) is 5.47. The van der Waals surface area contributed by atoms with Gasteiger partial charge in [-0.3, -0.25) is 4.90 Å². The number of benzene rings is 1. The fourth-order valence-corrected chi connectivity index (χ4v) is 3.10. The molecule has 1 saturated heterocycles. The predicted octanol–water partition coefficient (Wildman–Crippen LogP) is 2.96. The summed E-state index contributed by atoms with van der Waals surface area (Å²) in [6, 6.07) is 9.09. The van der Waals surface area contributed by atoms with Crippen molar-refractivity contribution in [1.82, 2.24) is 4.90 Å². The van der Waals surface area contributed by atoms with E-state index in [-0.39, 0.29) is 0 Å². The van der Waals surface area contributed by atoms with Crippen molar-refractivity contribution < 1.29 is 4.74 Å². The number of nitrogens with two attached hydrogens (primary N) is 1. The van der Waals surface area contributed by atoms with Crippen LogP contribution >= 0.6 is 12.2 Å². The molecule has 1 aromatic carbocycles. The Kier molecular flexibility index (Phi) is 5.38. The molecule has 1 aliphatic rings. The second-order valence-corrected chi connectivity index (χ2v) is 5.91. The molecule has 2 N–H and O–H groups in total. The van der Waals surface area contributed by atoms with E-state index < -0.39 is 0 Å². The predicted molar refractivity (Wildman–Crippen MR) is 87.3 cm³/mol. The molecule has 1 fully saturated rings. The summed E-state index contributed by atoms with van der Waals surface area (Å²) in [4.78, 5) is 2.98. The van der Waals surface area contributed by atoms with Crippen LogP contribution in [0.5, 0.6) is 5.75 Å². The molecule has 0 aromatic heterocycles. The van der Waals surface area contributed by atoms with E-state index >= 15 is 0 Å². The highest BCUT2D eigenvalue weighted by Gasteiger charge is 2.28. The van der Waals surface area contributed by atoms with E-state index in [1.165, 1.54) is 19.3 Å². The fourth-order valence-electron chi connectivity index (χ4n) is 2.97. The van der Waals surface area contributed by atoms with Gasteiger partial charge in [0.25, 0.3) is 0 Å². The first-order chi connectivity index (χ1) is 9.61. The molecule has 1 heterocycles. The van der Waals surface area contributed by atoms with Crippen molar-refractivity contribution in [3.05, 3.63) is 29.8 Å². The Morgan fingerprint density at radius 2 is 2.25 bits per heavy atom. The molecule has 0 saturated carbocycles. The number of thiocarbonyl (C=S) groups is 1. The Morgan fingerprint density at radius 1 is 1.45 bits per heavy atom. The molecule has 1 aliphatic heterocycles. The maximum atomic E-state index is 5.84. The zero-order valence-corrected chi connectivity index (χ0v) is 13.2. The summed E-state index contributed by atoms with van der Waals surface area (Å²) in [6.45, 7) is 6.27. The summed E-state index contributed by atoms with van der Waals surface area (Å²) in [5.74, 6) is 0.843. The molecule has 110 valence electrons. The fraction of sp³-hybridized carbons (Fsp3) is 0.562. The lowest BCUT2D eigenvalue weighted by Gasteiger charge is -2.27. The first-order valence-electron chi connectivity index (χ1n) is 7.40. The smallest absolute Gasteiger partial charge is 0.120 e. The number of hydrogen-bond acceptors (Lipinski definition) is 3. The van der Waals surface area contributed by atoms with Gasteiger partial charge in [0.2, 0.25) is 0 Å². The third kappa shape index (κ3) is 3.70. The summed E-state index contributed by atoms with van der Waals surface area (Å²) < 4.78 is 5.84. The van der Waals surface area contributed by atoms with Gasteiger partial charge in [0.05, 0.1) is 0 Å². The van der Waals surface area contributed by atoms with Gasteiger partial charge in [0, 0.05) is 24.2 Å². The maximum Gasteiger partial charge on any atom is 0.120 e. The molecule has 3 nitrogen and oxygen atoms in total. The lowest BCUT2D eigenvalue weighted by molar-refractivity contribution is 0.159. The lowest BCUT2D eigenvalue weighted by Crippen LogP contribution is -2.37. The summed E-state index contributed by atoms with van der Waals surface area (Å²) in [7, 11) is 0. The van der Waals surface area contributed by atoms with Crippen LogP contribution in [-0.2, 0) is 0 Å². The molecule has 2 rings (SSSR count). The Hall–Kier alpha value is -1.13. The molecule has 0 bridgehead atoms. The minimum atomic E-state index is 0.412. The first-order valence-corrected chi connectivity index (χ1v) is 7.81. The van der Waals surface area contributed by atoms with Gasteiger partial charge in [-0.25, -0.2) is 0 Å². The Balaban J connectivity index is 1.86. The van der Waals surface area contributed by atoms with Gasteiger partial charge in [-0.05, 0) is 38.3 Å². The van der Waals surface area contributed by atoms with Crippen LogP contribution in [0.2, 0.25) is 0 Å². The highest BCUT2D eigenvalue weighted by atomic mass is 32.1. The van der Waals surface area contributed by atoms with E-state index in [1.54, 1.807) is 0 Å². The largest absolute Gasteiger partial charge is 0.492 e. The van der Waals surface area contributed by atoms with E-state index in [1.807, 2.05) is 24.3 Å². The summed E-state index contributed by atoms with van der Waals surface area (Å²) in [5, 5.41) is 0. The van der Waals surface area contributed by atoms with E-state index in [9.17, 15) is 0 Å². The molecule has 0 radical (unpaired) electrons. The van der Waals surface area contributed by atoms with Gasteiger partial charge in [-0.15, -0.1) is 0 Å². The van der Waals surface area contributed by atoms with E-state index in [2.05, 4.69) is 18.7 Å². The molecule has 0 amide bonds. The number of nitrogens with zero attached hydrogens (tertiary/aromatic N) is 1. The van der Waals surface area contributed by atoms with E-state index in [0.717, 1.165) is 23.9 Å². The highest BCUT2D eigenvalue weighted by molar-refractivity contribution is 7.80. The number of hydrogen-bond donors (Lipinski definition) is 1. The normalized spacial score (nSPS) is 22.9. The Bertz CT molecular complexity index is 464. The van der Waals surface area contributed by atoms with Crippen LogP contribution in [0, 0.1) is 0 Å². The molecule has 1 aromatic rings. The van der Waals surface area contributed by atoms with Gasteiger partial charge in [-0.1, -0.05) is 31.3 Å². The summed E-state index contributed by atoms with van der Waals surface area (Å²) in [6.07, 6.45) is 3.84. The minimum Gasteiger partial charge on any atom is -0.492 e. The van der Waals surface area contributed by atoms with Crippen LogP contribution in [0.4, 0.5) is 0 Å². The van der Waals surface area contributed by atoms with Gasteiger partial charge in [0.1, 0.15) is 17.3 Å². The third-order valence-electron chi connectivity index (χ3n) is 4.16. The molecule has 0 spiro atoms. The Labute approximate surface area is 127 Å². The molecular weight excluding hydrogens is 268 g/mol. The SMILES string of the molecule is CCC1CCC(C)N1CCOc1cccc(C(N)=S)c1. The van der Waals surface area contributed by atoms with Crippen molar-refractivity contribution >= 4 is 17.2 Å². The molecule has 20 heavy (non-hydrogen) atoms. The standard InChI is InChI=1S/C16H24N2OS/c1-3-14-8-7-12(2)18(14)9-10-19-15-6-4-5-13(11-15)16(17)20/h4-6,11-12,14H,3,7-10H2,1-2H3,(H2,17,20). The third-order valence-corrected chi connectivity index (χ3v) is 4.40. The maximum absolute atomic E-state index is 5.84. The van der Waals surface area contributed by atoms with Gasteiger partial charge in [0.15, 0.2) is 0 Å². The van der Waals surface area contributed by atoms with Crippen molar-refractivity contribution in [2.24, 2.45) is 5.73 Å².